The molecule has 1 aliphatic heterocycles. The molecule has 0 radical (unpaired) electrons. The Bertz CT molecular complexity index is 1120. The summed E-state index contributed by atoms with van der Waals surface area (Å²) in [5.41, 5.74) is 4.04. The van der Waals surface area contributed by atoms with Gasteiger partial charge in [0.25, 0.3) is 5.22 Å². The first-order valence-electron chi connectivity index (χ1n) is 9.64. The normalized spacial score (nSPS) is 15.4. The average Bonchev–Trinajstić information content (AvgIpc) is 3.22. The van der Waals surface area contributed by atoms with Gasteiger partial charge in [-0.25, -0.2) is 8.42 Å². The van der Waals surface area contributed by atoms with E-state index in [9.17, 15) is 8.42 Å². The number of rotatable bonds is 6. The third kappa shape index (κ3) is 4.75. The van der Waals surface area contributed by atoms with Crippen molar-refractivity contribution in [3.8, 4) is 11.5 Å². The number of nitrogens with zero attached hydrogens (tertiary/aromatic N) is 3. The molecule has 4 rings (SSSR count). The Balaban J connectivity index is 1.46. The first kappa shape index (κ1) is 21.0. The Morgan fingerprint density at radius 2 is 1.77 bits per heavy atom. The lowest BCUT2D eigenvalue weighted by Gasteiger charge is -2.26. The molecule has 1 saturated heterocycles. The smallest absolute Gasteiger partial charge is 0.277 e. The van der Waals surface area contributed by atoms with Crippen LogP contribution in [0.3, 0.4) is 0 Å². The Morgan fingerprint density at radius 1 is 1.03 bits per heavy atom. The van der Waals surface area contributed by atoms with Gasteiger partial charge in [0.05, 0.1) is 18.1 Å². The average molecular weight is 446 g/mol. The van der Waals surface area contributed by atoms with Crippen LogP contribution in [0.15, 0.2) is 57.0 Å². The molecule has 0 aliphatic carbocycles. The Labute approximate surface area is 180 Å². The van der Waals surface area contributed by atoms with Crippen LogP contribution in [0.25, 0.3) is 11.5 Å². The van der Waals surface area contributed by atoms with E-state index in [0.29, 0.717) is 48.1 Å². The Kier molecular flexibility index (Phi) is 6.24. The van der Waals surface area contributed by atoms with E-state index in [1.807, 2.05) is 32.0 Å². The van der Waals surface area contributed by atoms with Crippen LogP contribution in [0.5, 0.6) is 0 Å². The standard InChI is InChI=1S/C21H23N3O4S2/c1-15-10-16(2)12-18(11-15)20-22-23-21(28-20)29-14-17-4-3-5-19(13-17)30(25,26)24-6-8-27-9-7-24/h3-5,10-13H,6-9,14H2,1-2H3. The number of hydrogen-bond donors (Lipinski definition) is 0. The topological polar surface area (TPSA) is 85.5 Å². The molecular weight excluding hydrogens is 422 g/mol. The zero-order chi connectivity index (χ0) is 21.1. The molecule has 0 N–H and O–H groups in total. The monoisotopic (exact) mass is 445 g/mol. The van der Waals surface area contributed by atoms with Crippen molar-refractivity contribution < 1.29 is 17.6 Å². The molecule has 1 fully saturated rings. The molecule has 7 nitrogen and oxygen atoms in total. The van der Waals surface area contributed by atoms with Gasteiger partial charge in [-0.05, 0) is 43.7 Å². The summed E-state index contributed by atoms with van der Waals surface area (Å²) < 4.78 is 38.2. The highest BCUT2D eigenvalue weighted by atomic mass is 32.2. The van der Waals surface area contributed by atoms with Crippen molar-refractivity contribution in [2.24, 2.45) is 0 Å². The van der Waals surface area contributed by atoms with Crippen molar-refractivity contribution in [3.05, 3.63) is 59.2 Å². The fourth-order valence-electron chi connectivity index (χ4n) is 3.36. The van der Waals surface area contributed by atoms with Crippen molar-refractivity contribution in [3.63, 3.8) is 0 Å². The van der Waals surface area contributed by atoms with Gasteiger partial charge in [-0.3, -0.25) is 0 Å². The fraction of sp³-hybridized carbons (Fsp3) is 0.333. The maximum Gasteiger partial charge on any atom is 0.277 e. The maximum absolute atomic E-state index is 12.9. The first-order chi connectivity index (χ1) is 14.4. The van der Waals surface area contributed by atoms with E-state index in [2.05, 4.69) is 16.3 Å². The van der Waals surface area contributed by atoms with Crippen LogP contribution in [0.1, 0.15) is 16.7 Å². The van der Waals surface area contributed by atoms with Gasteiger partial charge >= 0.3 is 0 Å². The first-order valence-corrected chi connectivity index (χ1v) is 12.1. The number of aromatic nitrogens is 2. The van der Waals surface area contributed by atoms with Gasteiger partial charge in [0.2, 0.25) is 15.9 Å². The van der Waals surface area contributed by atoms with Crippen molar-refractivity contribution in [2.75, 3.05) is 26.3 Å². The van der Waals surface area contributed by atoms with E-state index < -0.39 is 10.0 Å². The highest BCUT2D eigenvalue weighted by Gasteiger charge is 2.26. The third-order valence-electron chi connectivity index (χ3n) is 4.74. The highest BCUT2D eigenvalue weighted by molar-refractivity contribution is 7.98. The molecule has 9 heteroatoms. The number of benzene rings is 2. The predicted octanol–water partition coefficient (Wildman–Crippen LogP) is 3.67. The van der Waals surface area contributed by atoms with Crippen LogP contribution >= 0.6 is 11.8 Å². The van der Waals surface area contributed by atoms with Crippen molar-refractivity contribution in [1.82, 2.24) is 14.5 Å². The Hall–Kier alpha value is -2.20. The molecule has 0 bridgehead atoms. The lowest BCUT2D eigenvalue weighted by atomic mass is 10.1. The number of sulfonamides is 1. The molecule has 158 valence electrons. The van der Waals surface area contributed by atoms with Crippen LogP contribution in [0.2, 0.25) is 0 Å². The van der Waals surface area contributed by atoms with Crippen LogP contribution < -0.4 is 0 Å². The zero-order valence-corrected chi connectivity index (χ0v) is 18.5. The summed E-state index contributed by atoms with van der Waals surface area (Å²) in [4.78, 5) is 0.295. The largest absolute Gasteiger partial charge is 0.411 e. The second-order valence-corrected chi connectivity index (χ2v) is 10.1. The summed E-state index contributed by atoms with van der Waals surface area (Å²) in [6.45, 7) is 5.67. The van der Waals surface area contributed by atoms with Gasteiger partial charge in [-0.15, -0.1) is 10.2 Å². The Morgan fingerprint density at radius 3 is 2.50 bits per heavy atom. The number of thioether (sulfide) groups is 1. The van der Waals surface area contributed by atoms with Gasteiger partial charge in [0.1, 0.15) is 0 Å². The minimum absolute atomic E-state index is 0.295. The van der Waals surface area contributed by atoms with Crippen molar-refractivity contribution in [1.29, 1.82) is 0 Å². The van der Waals surface area contributed by atoms with Crippen molar-refractivity contribution in [2.45, 2.75) is 29.7 Å². The van der Waals surface area contributed by atoms with Gasteiger partial charge in [0, 0.05) is 24.4 Å². The summed E-state index contributed by atoms with van der Waals surface area (Å²) in [5.74, 6) is 1.01. The van der Waals surface area contributed by atoms with Gasteiger partial charge in [0.15, 0.2) is 0 Å². The molecule has 0 spiro atoms. The van der Waals surface area contributed by atoms with E-state index in [4.69, 9.17) is 9.15 Å². The SMILES string of the molecule is Cc1cc(C)cc(-c2nnc(SCc3cccc(S(=O)(=O)N4CCOCC4)c3)o2)c1. The van der Waals surface area contributed by atoms with Crippen LogP contribution in [-0.4, -0.2) is 49.2 Å². The zero-order valence-electron chi connectivity index (χ0n) is 16.9. The predicted molar refractivity (Wildman–Crippen MR) is 115 cm³/mol. The molecule has 0 unspecified atom stereocenters. The molecule has 1 aromatic heterocycles. The molecule has 1 aliphatic rings. The lowest BCUT2D eigenvalue weighted by molar-refractivity contribution is 0.0730. The van der Waals surface area contributed by atoms with Crippen LogP contribution in [0.4, 0.5) is 0 Å². The lowest BCUT2D eigenvalue weighted by Crippen LogP contribution is -2.40. The van der Waals surface area contributed by atoms with E-state index in [1.165, 1.54) is 16.1 Å². The summed E-state index contributed by atoms with van der Waals surface area (Å²) in [7, 11) is -3.51. The summed E-state index contributed by atoms with van der Waals surface area (Å²) in [6.07, 6.45) is 0. The quantitative estimate of drug-likeness (QED) is 0.535. The second-order valence-electron chi connectivity index (χ2n) is 7.20. The van der Waals surface area contributed by atoms with Crippen LogP contribution in [0, 0.1) is 13.8 Å². The van der Waals surface area contributed by atoms with Gasteiger partial charge < -0.3 is 9.15 Å². The third-order valence-corrected chi connectivity index (χ3v) is 7.53. The van der Waals surface area contributed by atoms with Crippen LogP contribution in [-0.2, 0) is 20.5 Å². The summed E-state index contributed by atoms with van der Waals surface area (Å²) in [6, 6.07) is 13.1. The molecule has 0 amide bonds. The number of morpholine rings is 1. The highest BCUT2D eigenvalue weighted by Crippen LogP contribution is 2.28. The maximum atomic E-state index is 12.9. The minimum Gasteiger partial charge on any atom is -0.411 e. The van der Waals surface area contributed by atoms with Gasteiger partial charge in [-0.2, -0.15) is 4.31 Å². The van der Waals surface area contributed by atoms with Gasteiger partial charge in [-0.1, -0.05) is 41.1 Å². The van der Waals surface area contributed by atoms with E-state index in [0.717, 1.165) is 22.3 Å². The van der Waals surface area contributed by atoms with E-state index in [-0.39, 0.29) is 0 Å². The molecule has 2 heterocycles. The molecule has 3 aromatic rings. The molecule has 0 atom stereocenters. The number of ether oxygens (including phenoxy) is 1. The van der Waals surface area contributed by atoms with Crippen molar-refractivity contribution >= 4 is 21.8 Å². The number of hydrogen-bond acceptors (Lipinski definition) is 7. The fourth-order valence-corrected chi connectivity index (χ4v) is 5.54. The molecule has 30 heavy (non-hydrogen) atoms. The van der Waals surface area contributed by atoms with E-state index >= 15 is 0 Å². The van der Waals surface area contributed by atoms with E-state index in [1.54, 1.807) is 18.2 Å². The second kappa shape index (κ2) is 8.89. The summed E-state index contributed by atoms with van der Waals surface area (Å²) in [5, 5.41) is 8.71. The number of aryl methyl sites for hydroxylation is 2. The molecule has 2 aromatic carbocycles. The molecular formula is C21H23N3O4S2. The molecule has 0 saturated carbocycles. The minimum atomic E-state index is -3.51. The summed E-state index contributed by atoms with van der Waals surface area (Å²) >= 11 is 1.38.